The summed E-state index contributed by atoms with van der Waals surface area (Å²) in [7, 11) is 4.74. The molecule has 0 unspecified atom stereocenters. The van der Waals surface area contributed by atoms with Crippen molar-refractivity contribution in [3.05, 3.63) is 42.9 Å². The number of imidazole rings is 1. The van der Waals surface area contributed by atoms with Crippen molar-refractivity contribution in [3.8, 4) is 17.2 Å². The highest BCUT2D eigenvalue weighted by molar-refractivity contribution is 5.87. The number of fused-ring (bicyclic) bond motifs is 1. The molecular weight excluding hydrogens is 538 g/mol. The summed E-state index contributed by atoms with van der Waals surface area (Å²) in [5.41, 5.74) is 2.04. The van der Waals surface area contributed by atoms with Gasteiger partial charge in [-0.05, 0) is 18.6 Å². The van der Waals surface area contributed by atoms with Crippen LogP contribution in [-0.2, 0) is 11.3 Å². The Balaban J connectivity index is 1.33. The van der Waals surface area contributed by atoms with E-state index in [1.807, 2.05) is 46.0 Å². The number of piperazine rings is 1. The maximum Gasteiger partial charge on any atom is 0.229 e. The number of pyridine rings is 1. The molecule has 13 heteroatoms. The van der Waals surface area contributed by atoms with Crippen LogP contribution < -0.4 is 29.3 Å². The summed E-state index contributed by atoms with van der Waals surface area (Å²) in [6.45, 7) is 5.07. The van der Waals surface area contributed by atoms with E-state index in [1.165, 1.54) is 0 Å². The summed E-state index contributed by atoms with van der Waals surface area (Å²) < 4.78 is 18.6. The van der Waals surface area contributed by atoms with Crippen LogP contribution in [0.3, 0.4) is 0 Å². The predicted molar refractivity (Wildman–Crippen MR) is 159 cm³/mol. The van der Waals surface area contributed by atoms with Gasteiger partial charge >= 0.3 is 0 Å². The first-order valence-corrected chi connectivity index (χ1v) is 14.1. The molecular formula is C29H35N9O4. The van der Waals surface area contributed by atoms with E-state index >= 15 is 0 Å². The summed E-state index contributed by atoms with van der Waals surface area (Å²) in [4.78, 5) is 37.7. The number of nitrogens with zero attached hydrogens (tertiary/aromatic N) is 8. The fraction of sp³-hybridized carbons (Fsp3) is 0.414. The largest absolute Gasteiger partial charge is 0.493 e. The number of hydrogen-bond donors (Lipinski definition) is 1. The molecule has 13 nitrogen and oxygen atoms in total. The number of ether oxygens (including phenoxy) is 3. The van der Waals surface area contributed by atoms with Crippen LogP contribution in [0.4, 0.5) is 23.3 Å². The Morgan fingerprint density at radius 3 is 2.29 bits per heavy atom. The van der Waals surface area contributed by atoms with E-state index < -0.39 is 0 Å². The van der Waals surface area contributed by atoms with Gasteiger partial charge in [0.1, 0.15) is 5.82 Å². The molecule has 0 atom stereocenters. The number of hydrogen-bond acceptors (Lipinski definition) is 11. The van der Waals surface area contributed by atoms with Gasteiger partial charge in [-0.15, -0.1) is 0 Å². The second kappa shape index (κ2) is 12.0. The Kier molecular flexibility index (Phi) is 7.80. The standard InChI is InChI=1S/C29H35N9O4/c1-40-21-17-20(18-22(41-2)26(21)42-3)32-27-25-28(38(19-31-25)16-13-36-10-6-8-24(36)39)34-29(33-27)37-14-11-35(12-15-37)23-7-4-5-9-30-23/h4-5,7,9,17-19H,6,8,10-16H2,1-3H3,(H,32,33,34). The third kappa shape index (κ3) is 5.41. The summed E-state index contributed by atoms with van der Waals surface area (Å²) in [6.07, 6.45) is 5.10. The lowest BCUT2D eigenvalue weighted by Crippen LogP contribution is -2.47. The molecule has 2 saturated heterocycles. The van der Waals surface area contributed by atoms with Crippen LogP contribution in [0.2, 0.25) is 0 Å². The van der Waals surface area contributed by atoms with Gasteiger partial charge in [-0.3, -0.25) is 4.79 Å². The van der Waals surface area contributed by atoms with E-state index in [2.05, 4.69) is 25.1 Å². The van der Waals surface area contributed by atoms with E-state index in [4.69, 9.17) is 24.2 Å². The molecule has 6 rings (SSSR count). The molecule has 1 N–H and O–H groups in total. The quantitative estimate of drug-likeness (QED) is 0.301. The normalized spacial score (nSPS) is 15.4. The van der Waals surface area contributed by atoms with E-state index in [9.17, 15) is 4.79 Å². The summed E-state index contributed by atoms with van der Waals surface area (Å²) >= 11 is 0. The van der Waals surface area contributed by atoms with Crippen molar-refractivity contribution < 1.29 is 19.0 Å². The monoisotopic (exact) mass is 573 g/mol. The first-order chi connectivity index (χ1) is 20.6. The smallest absolute Gasteiger partial charge is 0.229 e. The topological polar surface area (TPSA) is 123 Å². The van der Waals surface area contributed by atoms with Crippen LogP contribution in [-0.4, -0.2) is 95.9 Å². The number of nitrogens with one attached hydrogen (secondary N) is 1. The van der Waals surface area contributed by atoms with Crippen LogP contribution in [0.25, 0.3) is 11.2 Å². The Morgan fingerprint density at radius 2 is 1.64 bits per heavy atom. The van der Waals surface area contributed by atoms with Crippen LogP contribution in [0.15, 0.2) is 42.9 Å². The Bertz CT molecular complexity index is 1530. The third-order valence-electron chi connectivity index (χ3n) is 7.70. The van der Waals surface area contributed by atoms with E-state index in [1.54, 1.807) is 27.7 Å². The Hall–Kier alpha value is -4.81. The summed E-state index contributed by atoms with van der Waals surface area (Å²) in [5.74, 6) is 3.89. The lowest BCUT2D eigenvalue weighted by atomic mass is 10.2. The van der Waals surface area contributed by atoms with Crippen molar-refractivity contribution in [2.24, 2.45) is 0 Å². The highest BCUT2D eigenvalue weighted by atomic mass is 16.5. The van der Waals surface area contributed by atoms with Crippen LogP contribution in [0.1, 0.15) is 12.8 Å². The molecule has 0 radical (unpaired) electrons. The van der Waals surface area contributed by atoms with Gasteiger partial charge in [0.05, 0.1) is 27.7 Å². The molecule has 4 aromatic rings. The van der Waals surface area contributed by atoms with Gasteiger partial charge in [0.15, 0.2) is 28.5 Å². The zero-order valence-electron chi connectivity index (χ0n) is 24.1. The van der Waals surface area contributed by atoms with Crippen molar-refractivity contribution in [2.45, 2.75) is 19.4 Å². The molecule has 2 aliphatic rings. The van der Waals surface area contributed by atoms with Crippen molar-refractivity contribution in [1.82, 2.24) is 29.4 Å². The van der Waals surface area contributed by atoms with E-state index in [-0.39, 0.29) is 5.91 Å². The molecule has 2 aliphatic heterocycles. The van der Waals surface area contributed by atoms with Gasteiger partial charge in [-0.1, -0.05) is 6.07 Å². The number of likely N-dealkylation sites (tertiary alicyclic amines) is 1. The molecule has 42 heavy (non-hydrogen) atoms. The average molecular weight is 574 g/mol. The Labute approximate surface area is 244 Å². The predicted octanol–water partition coefficient (Wildman–Crippen LogP) is 2.94. The van der Waals surface area contributed by atoms with Crippen molar-refractivity contribution in [2.75, 3.05) is 75.7 Å². The van der Waals surface area contributed by atoms with Gasteiger partial charge in [-0.25, -0.2) is 9.97 Å². The number of rotatable bonds is 10. The van der Waals surface area contributed by atoms with Crippen LogP contribution in [0, 0.1) is 0 Å². The lowest BCUT2D eigenvalue weighted by molar-refractivity contribution is -0.127. The van der Waals surface area contributed by atoms with Gasteiger partial charge in [0.2, 0.25) is 17.6 Å². The fourth-order valence-electron chi connectivity index (χ4n) is 5.46. The zero-order chi connectivity index (χ0) is 29.1. The third-order valence-corrected chi connectivity index (χ3v) is 7.70. The number of amides is 1. The zero-order valence-corrected chi connectivity index (χ0v) is 24.1. The van der Waals surface area contributed by atoms with Gasteiger partial charge in [0.25, 0.3) is 0 Å². The molecule has 0 aliphatic carbocycles. The molecule has 0 spiro atoms. The maximum atomic E-state index is 12.2. The summed E-state index contributed by atoms with van der Waals surface area (Å²) in [6, 6.07) is 9.62. The fourth-order valence-corrected chi connectivity index (χ4v) is 5.46. The highest BCUT2D eigenvalue weighted by Gasteiger charge is 2.24. The molecule has 3 aromatic heterocycles. The second-order valence-electron chi connectivity index (χ2n) is 10.2. The Morgan fingerprint density at radius 1 is 0.881 bits per heavy atom. The lowest BCUT2D eigenvalue weighted by Gasteiger charge is -2.35. The molecule has 220 valence electrons. The maximum absolute atomic E-state index is 12.2. The molecule has 1 aromatic carbocycles. The molecule has 5 heterocycles. The SMILES string of the molecule is COc1cc(Nc2nc(N3CCN(c4ccccn4)CC3)nc3c2ncn3CCN2CCCC2=O)cc(OC)c1OC. The number of methoxy groups -OCH3 is 3. The second-order valence-corrected chi connectivity index (χ2v) is 10.2. The van der Waals surface area contributed by atoms with Gasteiger partial charge < -0.3 is 38.8 Å². The number of aromatic nitrogens is 5. The van der Waals surface area contributed by atoms with E-state index in [0.717, 1.165) is 45.0 Å². The number of carbonyl (C=O) groups is 1. The minimum absolute atomic E-state index is 0.199. The number of anilines is 4. The first kappa shape index (κ1) is 27.4. The number of benzene rings is 1. The van der Waals surface area contributed by atoms with Crippen molar-refractivity contribution >= 4 is 40.3 Å². The highest BCUT2D eigenvalue weighted by Crippen LogP contribution is 2.41. The molecule has 0 bridgehead atoms. The minimum atomic E-state index is 0.199. The number of carbonyl (C=O) groups excluding carboxylic acids is 1. The van der Waals surface area contributed by atoms with Crippen molar-refractivity contribution in [3.63, 3.8) is 0 Å². The average Bonchev–Trinajstić information content (AvgIpc) is 3.65. The summed E-state index contributed by atoms with van der Waals surface area (Å²) in [5, 5.41) is 3.43. The van der Waals surface area contributed by atoms with Gasteiger partial charge in [0, 0.05) is 76.3 Å². The molecule has 2 fully saturated rings. The van der Waals surface area contributed by atoms with Crippen LogP contribution in [0.5, 0.6) is 17.2 Å². The minimum Gasteiger partial charge on any atom is -0.493 e. The molecule has 0 saturated carbocycles. The molecule has 1 amide bonds. The first-order valence-electron chi connectivity index (χ1n) is 14.1. The van der Waals surface area contributed by atoms with Crippen molar-refractivity contribution in [1.29, 1.82) is 0 Å². The van der Waals surface area contributed by atoms with Gasteiger partial charge in [-0.2, -0.15) is 9.97 Å². The van der Waals surface area contributed by atoms with Crippen LogP contribution >= 0.6 is 0 Å². The van der Waals surface area contributed by atoms with E-state index in [0.29, 0.717) is 65.4 Å².